The summed E-state index contributed by atoms with van der Waals surface area (Å²) in [6.07, 6.45) is 4.78. The number of amides is 1. The summed E-state index contributed by atoms with van der Waals surface area (Å²) in [5.74, 6) is 0.862. The molecule has 8 heteroatoms. The normalized spacial score (nSPS) is 15.2. The number of nitrogens with zero attached hydrogens (tertiary/aromatic N) is 2. The minimum atomic E-state index is -0.468. The van der Waals surface area contributed by atoms with E-state index in [0.717, 1.165) is 18.7 Å². The summed E-state index contributed by atoms with van der Waals surface area (Å²) in [6, 6.07) is 0. The van der Waals surface area contributed by atoms with Crippen LogP contribution < -0.4 is 5.32 Å². The Labute approximate surface area is 121 Å². The number of ether oxygens (including phenoxy) is 1. The number of H-pyrrole nitrogens is 1. The van der Waals surface area contributed by atoms with Gasteiger partial charge in [-0.25, -0.2) is 4.98 Å². The number of esters is 1. The van der Waals surface area contributed by atoms with Crippen molar-refractivity contribution >= 4 is 23.6 Å². The second-order valence-electron chi connectivity index (χ2n) is 4.63. The zero-order valence-corrected chi connectivity index (χ0v) is 12.2. The first-order chi connectivity index (χ1) is 9.69. The highest BCUT2D eigenvalue weighted by Crippen LogP contribution is 2.32. The third kappa shape index (κ3) is 4.22. The predicted molar refractivity (Wildman–Crippen MR) is 73.3 cm³/mol. The molecule has 0 bridgehead atoms. The smallest absolute Gasteiger partial charge is 0.325 e. The van der Waals surface area contributed by atoms with Gasteiger partial charge >= 0.3 is 5.97 Å². The van der Waals surface area contributed by atoms with Gasteiger partial charge in [0.2, 0.25) is 11.1 Å². The quantitative estimate of drug-likeness (QED) is 0.597. The number of rotatable bonds is 6. The van der Waals surface area contributed by atoms with E-state index in [1.807, 2.05) is 0 Å². The fourth-order valence-electron chi connectivity index (χ4n) is 2.13. The number of aromatic amines is 1. The number of nitrogens with one attached hydrogen (secondary N) is 2. The molecular formula is C12H18N4O3S. The molecule has 110 valence electrons. The molecule has 20 heavy (non-hydrogen) atoms. The van der Waals surface area contributed by atoms with Crippen molar-refractivity contribution in [2.24, 2.45) is 0 Å². The van der Waals surface area contributed by atoms with Crippen molar-refractivity contribution in [2.45, 2.75) is 36.8 Å². The Morgan fingerprint density at radius 1 is 1.45 bits per heavy atom. The first-order valence-corrected chi connectivity index (χ1v) is 7.56. The van der Waals surface area contributed by atoms with Crippen LogP contribution in [0.1, 0.15) is 37.4 Å². The van der Waals surface area contributed by atoms with Crippen LogP contribution in [0.5, 0.6) is 0 Å². The fraction of sp³-hybridized carbons (Fsp3) is 0.667. The molecule has 1 saturated carbocycles. The summed E-state index contributed by atoms with van der Waals surface area (Å²) in [5.41, 5.74) is 0. The molecule has 1 aliphatic rings. The molecule has 0 saturated heterocycles. The summed E-state index contributed by atoms with van der Waals surface area (Å²) in [7, 11) is 1.28. The zero-order valence-electron chi connectivity index (χ0n) is 11.3. The van der Waals surface area contributed by atoms with Gasteiger partial charge in [0.25, 0.3) is 0 Å². The van der Waals surface area contributed by atoms with Crippen molar-refractivity contribution in [3.8, 4) is 0 Å². The largest absolute Gasteiger partial charge is 0.468 e. The molecule has 0 aromatic carbocycles. The summed E-state index contributed by atoms with van der Waals surface area (Å²) in [4.78, 5) is 26.8. The lowest BCUT2D eigenvalue weighted by Gasteiger charge is -2.02. The molecule has 0 spiro atoms. The van der Waals surface area contributed by atoms with Crippen LogP contribution in [0.15, 0.2) is 5.16 Å². The Hall–Kier alpha value is -1.57. The topological polar surface area (TPSA) is 97.0 Å². The van der Waals surface area contributed by atoms with Crippen LogP contribution in [0, 0.1) is 0 Å². The van der Waals surface area contributed by atoms with Crippen LogP contribution >= 0.6 is 11.8 Å². The zero-order chi connectivity index (χ0) is 14.4. The lowest BCUT2D eigenvalue weighted by Crippen LogP contribution is -2.31. The summed E-state index contributed by atoms with van der Waals surface area (Å²) in [5, 5.41) is 10.1. The molecule has 1 aromatic rings. The van der Waals surface area contributed by atoms with Crippen LogP contribution in [0.2, 0.25) is 0 Å². The molecule has 2 N–H and O–H groups in total. The van der Waals surface area contributed by atoms with Crippen molar-refractivity contribution in [1.82, 2.24) is 20.5 Å². The van der Waals surface area contributed by atoms with Gasteiger partial charge in [-0.15, -0.1) is 5.10 Å². The minimum Gasteiger partial charge on any atom is -0.468 e. The molecule has 0 radical (unpaired) electrons. The SMILES string of the molecule is COC(=O)CNC(=O)CSc1n[nH]c(C2CCCC2)n1. The maximum absolute atomic E-state index is 11.5. The van der Waals surface area contributed by atoms with Crippen LogP contribution in [0.3, 0.4) is 0 Å². The number of thioether (sulfide) groups is 1. The van der Waals surface area contributed by atoms with Gasteiger partial charge in [-0.3, -0.25) is 14.7 Å². The number of carbonyl (C=O) groups is 2. The van der Waals surface area contributed by atoms with Gasteiger partial charge in [0.05, 0.1) is 12.9 Å². The molecule has 0 atom stereocenters. The van der Waals surface area contributed by atoms with E-state index < -0.39 is 5.97 Å². The van der Waals surface area contributed by atoms with Crippen LogP contribution in [-0.4, -0.2) is 46.5 Å². The predicted octanol–water partition coefficient (Wildman–Crippen LogP) is 0.844. The maximum Gasteiger partial charge on any atom is 0.325 e. The molecule has 7 nitrogen and oxygen atoms in total. The van der Waals surface area contributed by atoms with E-state index in [-0.39, 0.29) is 18.2 Å². The van der Waals surface area contributed by atoms with Gasteiger partial charge in [0.1, 0.15) is 12.4 Å². The molecule has 1 aromatic heterocycles. The average molecular weight is 298 g/mol. The third-order valence-corrected chi connectivity index (χ3v) is 4.06. The van der Waals surface area contributed by atoms with Gasteiger partial charge in [-0.05, 0) is 12.8 Å². The van der Waals surface area contributed by atoms with Gasteiger partial charge < -0.3 is 10.1 Å². The highest BCUT2D eigenvalue weighted by atomic mass is 32.2. The fourth-order valence-corrected chi connectivity index (χ4v) is 2.76. The average Bonchev–Trinajstić information content (AvgIpc) is 3.12. The molecule has 2 rings (SSSR count). The Balaban J connectivity index is 1.73. The van der Waals surface area contributed by atoms with E-state index in [1.54, 1.807) is 0 Å². The van der Waals surface area contributed by atoms with Crippen LogP contribution in [-0.2, 0) is 14.3 Å². The van der Waals surface area contributed by atoms with E-state index in [0.29, 0.717) is 11.1 Å². The molecule has 1 fully saturated rings. The van der Waals surface area contributed by atoms with E-state index in [1.165, 1.54) is 31.7 Å². The maximum atomic E-state index is 11.5. The molecular weight excluding hydrogens is 280 g/mol. The number of hydrogen-bond donors (Lipinski definition) is 2. The van der Waals surface area contributed by atoms with Crippen molar-refractivity contribution in [2.75, 3.05) is 19.4 Å². The van der Waals surface area contributed by atoms with Crippen LogP contribution in [0.4, 0.5) is 0 Å². The summed E-state index contributed by atoms with van der Waals surface area (Å²) >= 11 is 1.25. The van der Waals surface area contributed by atoms with E-state index in [2.05, 4.69) is 25.2 Å². The Kier molecular flexibility index (Phi) is 5.40. The van der Waals surface area contributed by atoms with Crippen LogP contribution in [0.25, 0.3) is 0 Å². The highest BCUT2D eigenvalue weighted by molar-refractivity contribution is 7.99. The first-order valence-electron chi connectivity index (χ1n) is 6.57. The number of carbonyl (C=O) groups excluding carboxylic acids is 2. The van der Waals surface area contributed by atoms with Gasteiger partial charge in [-0.1, -0.05) is 24.6 Å². The Morgan fingerprint density at radius 2 is 2.20 bits per heavy atom. The Bertz CT molecular complexity index is 471. The van der Waals surface area contributed by atoms with Crippen molar-refractivity contribution in [3.05, 3.63) is 5.82 Å². The first kappa shape index (κ1) is 14.8. The molecule has 1 aliphatic carbocycles. The van der Waals surface area contributed by atoms with E-state index in [9.17, 15) is 9.59 Å². The molecule has 0 aliphatic heterocycles. The second kappa shape index (κ2) is 7.28. The minimum absolute atomic E-state index is 0.114. The second-order valence-corrected chi connectivity index (χ2v) is 5.57. The van der Waals surface area contributed by atoms with Gasteiger partial charge in [0.15, 0.2) is 0 Å². The summed E-state index contributed by atoms with van der Waals surface area (Å²) < 4.78 is 4.43. The molecule has 1 heterocycles. The van der Waals surface area contributed by atoms with Gasteiger partial charge in [-0.2, -0.15) is 0 Å². The van der Waals surface area contributed by atoms with E-state index in [4.69, 9.17) is 0 Å². The third-order valence-electron chi connectivity index (χ3n) is 3.21. The lowest BCUT2D eigenvalue weighted by atomic mass is 10.1. The van der Waals surface area contributed by atoms with Crippen molar-refractivity contribution in [1.29, 1.82) is 0 Å². The van der Waals surface area contributed by atoms with Gasteiger partial charge in [0, 0.05) is 5.92 Å². The summed E-state index contributed by atoms with van der Waals surface area (Å²) in [6.45, 7) is -0.114. The van der Waals surface area contributed by atoms with Crippen molar-refractivity contribution < 1.29 is 14.3 Å². The lowest BCUT2D eigenvalue weighted by molar-refractivity contribution is -0.140. The standard InChI is InChI=1S/C12H18N4O3S/c1-19-10(18)6-13-9(17)7-20-12-14-11(15-16-12)8-4-2-3-5-8/h8H,2-7H2,1H3,(H,13,17)(H,14,15,16). The number of hydrogen-bond acceptors (Lipinski definition) is 6. The Morgan fingerprint density at radius 3 is 2.90 bits per heavy atom. The highest BCUT2D eigenvalue weighted by Gasteiger charge is 2.20. The number of aromatic nitrogens is 3. The molecule has 1 amide bonds. The van der Waals surface area contributed by atoms with E-state index >= 15 is 0 Å². The number of methoxy groups -OCH3 is 1. The van der Waals surface area contributed by atoms with Crippen molar-refractivity contribution in [3.63, 3.8) is 0 Å². The molecule has 0 unspecified atom stereocenters. The monoisotopic (exact) mass is 298 g/mol.